The monoisotopic (exact) mass is 411 g/mol. The predicted octanol–water partition coefficient (Wildman–Crippen LogP) is 1.99. The molecule has 0 unspecified atom stereocenters. The summed E-state index contributed by atoms with van der Waals surface area (Å²) in [4.78, 5) is 35.4. The summed E-state index contributed by atoms with van der Waals surface area (Å²) in [5.74, 6) is -0.166. The molecule has 1 amide bonds. The van der Waals surface area contributed by atoms with E-state index in [9.17, 15) is 9.59 Å². The van der Waals surface area contributed by atoms with Crippen LogP contribution >= 0.6 is 11.3 Å². The lowest BCUT2D eigenvalue weighted by atomic mass is 10.1. The highest BCUT2D eigenvalue weighted by Gasteiger charge is 2.20. The number of piperazine rings is 1. The van der Waals surface area contributed by atoms with Crippen molar-refractivity contribution in [3.05, 3.63) is 57.0 Å². The average Bonchev–Trinajstić information content (AvgIpc) is 3.07. The van der Waals surface area contributed by atoms with Gasteiger partial charge >= 0.3 is 0 Å². The van der Waals surface area contributed by atoms with Crippen LogP contribution in [0.15, 0.2) is 35.4 Å². The van der Waals surface area contributed by atoms with Crippen LogP contribution in [0.25, 0.3) is 10.2 Å². The van der Waals surface area contributed by atoms with Crippen LogP contribution in [-0.4, -0.2) is 53.6 Å². The van der Waals surface area contributed by atoms with Crippen LogP contribution in [-0.2, 0) is 13.6 Å². The van der Waals surface area contributed by atoms with E-state index in [0.717, 1.165) is 31.7 Å². The maximum Gasteiger partial charge on any atom is 0.262 e. The minimum atomic E-state index is -0.166. The fraction of sp³-hybridized carbons (Fsp3) is 0.381. The van der Waals surface area contributed by atoms with E-state index in [1.807, 2.05) is 19.1 Å². The van der Waals surface area contributed by atoms with Crippen molar-refractivity contribution in [2.24, 2.45) is 7.05 Å². The van der Waals surface area contributed by atoms with Crippen LogP contribution in [0.5, 0.6) is 0 Å². The first-order chi connectivity index (χ1) is 14.0. The van der Waals surface area contributed by atoms with E-state index >= 15 is 0 Å². The van der Waals surface area contributed by atoms with Crippen molar-refractivity contribution in [2.45, 2.75) is 13.5 Å². The molecule has 1 aliphatic rings. The van der Waals surface area contributed by atoms with Crippen molar-refractivity contribution in [3.8, 4) is 0 Å². The summed E-state index contributed by atoms with van der Waals surface area (Å²) < 4.78 is 1.44. The third-order valence-electron chi connectivity index (χ3n) is 5.49. The van der Waals surface area contributed by atoms with Gasteiger partial charge < -0.3 is 19.7 Å². The molecule has 3 aromatic rings. The Bertz CT molecular complexity index is 1110. The summed E-state index contributed by atoms with van der Waals surface area (Å²) in [6.07, 6.45) is 1.49. The number of carbonyl (C=O) groups is 1. The van der Waals surface area contributed by atoms with Crippen molar-refractivity contribution in [1.29, 1.82) is 0 Å². The van der Waals surface area contributed by atoms with Crippen molar-refractivity contribution < 1.29 is 4.79 Å². The number of nitrogens with zero attached hydrogens (tertiary/aromatic N) is 4. The molecule has 0 radical (unpaired) electrons. The molecule has 0 atom stereocenters. The van der Waals surface area contributed by atoms with Gasteiger partial charge in [0.15, 0.2) is 0 Å². The lowest BCUT2D eigenvalue weighted by Crippen LogP contribution is -2.45. The Hall–Kier alpha value is -2.71. The molecule has 8 heteroatoms. The molecular formula is C21H25N5O2S. The van der Waals surface area contributed by atoms with Gasteiger partial charge in [0.2, 0.25) is 0 Å². The molecule has 1 aliphatic heterocycles. The van der Waals surface area contributed by atoms with E-state index < -0.39 is 0 Å². The number of hydrogen-bond donors (Lipinski definition) is 1. The second-order valence-electron chi connectivity index (χ2n) is 7.50. The normalized spacial score (nSPS) is 15.1. The largest absolute Gasteiger partial charge is 0.369 e. The number of likely N-dealkylation sites (N-methyl/N-ethyl adjacent to an activating group) is 1. The number of para-hydroxylation sites is 1. The van der Waals surface area contributed by atoms with E-state index in [-0.39, 0.29) is 11.5 Å². The molecule has 7 nitrogen and oxygen atoms in total. The minimum absolute atomic E-state index is 0.122. The van der Waals surface area contributed by atoms with E-state index in [1.165, 1.54) is 27.9 Å². The fourth-order valence-electron chi connectivity index (χ4n) is 3.70. The number of carbonyl (C=O) groups excluding carboxylic acids is 1. The molecule has 1 fully saturated rings. The second-order valence-corrected chi connectivity index (χ2v) is 8.50. The number of aromatic nitrogens is 2. The number of rotatable bonds is 4. The van der Waals surface area contributed by atoms with Crippen LogP contribution in [0.4, 0.5) is 5.69 Å². The Balaban J connectivity index is 1.54. The SMILES string of the molecule is Cc1c(C(=O)NCc2ccccc2N2CCN(C)CC2)sc2ncn(C)c(=O)c12. The summed E-state index contributed by atoms with van der Waals surface area (Å²) in [5.41, 5.74) is 2.84. The molecule has 152 valence electrons. The number of hydrogen-bond acceptors (Lipinski definition) is 6. The third kappa shape index (κ3) is 3.77. The van der Waals surface area contributed by atoms with Gasteiger partial charge in [0.1, 0.15) is 4.83 Å². The maximum absolute atomic E-state index is 12.9. The number of fused-ring (bicyclic) bond motifs is 1. The van der Waals surface area contributed by atoms with Gasteiger partial charge in [-0.05, 0) is 31.2 Å². The quantitative estimate of drug-likeness (QED) is 0.711. The maximum atomic E-state index is 12.9. The summed E-state index contributed by atoms with van der Waals surface area (Å²) in [6, 6.07) is 8.21. The number of anilines is 1. The Labute approximate surface area is 173 Å². The highest BCUT2D eigenvalue weighted by molar-refractivity contribution is 7.20. The second kappa shape index (κ2) is 7.96. The number of amides is 1. The van der Waals surface area contributed by atoms with Gasteiger partial charge in [-0.15, -0.1) is 11.3 Å². The number of nitrogens with one attached hydrogen (secondary N) is 1. The Morgan fingerprint density at radius 1 is 1.17 bits per heavy atom. The van der Waals surface area contributed by atoms with Gasteiger partial charge in [0, 0.05) is 45.5 Å². The van der Waals surface area contributed by atoms with Gasteiger partial charge in [-0.25, -0.2) is 4.98 Å². The van der Waals surface area contributed by atoms with Crippen molar-refractivity contribution >= 4 is 33.1 Å². The van der Waals surface area contributed by atoms with E-state index in [0.29, 0.717) is 27.2 Å². The van der Waals surface area contributed by atoms with Crippen LogP contribution < -0.4 is 15.8 Å². The van der Waals surface area contributed by atoms with Crippen molar-refractivity contribution in [3.63, 3.8) is 0 Å². The molecular weight excluding hydrogens is 386 g/mol. The molecule has 0 spiro atoms. The zero-order chi connectivity index (χ0) is 20.5. The Morgan fingerprint density at radius 3 is 2.66 bits per heavy atom. The zero-order valence-corrected chi connectivity index (χ0v) is 17.8. The summed E-state index contributed by atoms with van der Waals surface area (Å²) in [7, 11) is 3.81. The third-order valence-corrected chi connectivity index (χ3v) is 6.69. The van der Waals surface area contributed by atoms with E-state index in [2.05, 4.69) is 39.3 Å². The van der Waals surface area contributed by atoms with Crippen molar-refractivity contribution in [1.82, 2.24) is 19.8 Å². The lowest BCUT2D eigenvalue weighted by molar-refractivity contribution is 0.0954. The van der Waals surface area contributed by atoms with E-state index in [4.69, 9.17) is 0 Å². The molecule has 3 heterocycles. The van der Waals surface area contributed by atoms with Gasteiger partial charge in [-0.3, -0.25) is 9.59 Å². The molecule has 1 saturated heterocycles. The molecule has 1 aromatic carbocycles. The molecule has 0 aliphatic carbocycles. The van der Waals surface area contributed by atoms with Crippen LogP contribution in [0.3, 0.4) is 0 Å². The molecule has 0 saturated carbocycles. The predicted molar refractivity (Wildman–Crippen MR) is 117 cm³/mol. The molecule has 4 rings (SSSR count). The number of benzene rings is 1. The lowest BCUT2D eigenvalue weighted by Gasteiger charge is -2.35. The van der Waals surface area contributed by atoms with E-state index in [1.54, 1.807) is 7.05 Å². The Kier molecular flexibility index (Phi) is 5.38. The van der Waals surface area contributed by atoms with Crippen molar-refractivity contribution in [2.75, 3.05) is 38.1 Å². The highest BCUT2D eigenvalue weighted by atomic mass is 32.1. The zero-order valence-electron chi connectivity index (χ0n) is 16.9. The van der Waals surface area contributed by atoms with Gasteiger partial charge in [-0.1, -0.05) is 18.2 Å². The molecule has 2 aromatic heterocycles. The summed E-state index contributed by atoms with van der Waals surface area (Å²) in [5, 5.41) is 3.57. The first-order valence-corrected chi connectivity index (χ1v) is 10.5. The summed E-state index contributed by atoms with van der Waals surface area (Å²) in [6.45, 7) is 6.28. The van der Waals surface area contributed by atoms with Crippen LogP contribution in [0, 0.1) is 6.92 Å². The molecule has 1 N–H and O–H groups in total. The average molecular weight is 412 g/mol. The fourth-order valence-corrected chi connectivity index (χ4v) is 4.75. The number of aryl methyl sites for hydroxylation is 2. The van der Waals surface area contributed by atoms with Gasteiger partial charge in [0.25, 0.3) is 11.5 Å². The molecule has 0 bridgehead atoms. The van der Waals surface area contributed by atoms with Gasteiger partial charge in [0.05, 0.1) is 16.6 Å². The van der Waals surface area contributed by atoms with Crippen LogP contribution in [0.1, 0.15) is 20.8 Å². The Morgan fingerprint density at radius 2 is 1.90 bits per heavy atom. The first-order valence-electron chi connectivity index (χ1n) is 9.70. The minimum Gasteiger partial charge on any atom is -0.369 e. The smallest absolute Gasteiger partial charge is 0.262 e. The standard InChI is InChI=1S/C21H25N5O2S/c1-14-17-20(23-13-25(3)21(17)28)29-18(14)19(27)22-12-15-6-4-5-7-16(15)26-10-8-24(2)9-11-26/h4-7,13H,8-12H2,1-3H3,(H,22,27). The summed E-state index contributed by atoms with van der Waals surface area (Å²) >= 11 is 1.27. The van der Waals surface area contributed by atoms with Crippen LogP contribution in [0.2, 0.25) is 0 Å². The van der Waals surface area contributed by atoms with Gasteiger partial charge in [-0.2, -0.15) is 0 Å². The topological polar surface area (TPSA) is 70.5 Å². The highest BCUT2D eigenvalue weighted by Crippen LogP contribution is 2.27. The molecule has 29 heavy (non-hydrogen) atoms. The first kappa shape index (κ1) is 19.6. The number of thiophene rings is 1.